The highest BCUT2D eigenvalue weighted by molar-refractivity contribution is 9.10. The van der Waals surface area contributed by atoms with Gasteiger partial charge in [-0.3, -0.25) is 9.59 Å². The zero-order chi connectivity index (χ0) is 21.0. The molecule has 30 heavy (non-hydrogen) atoms. The lowest BCUT2D eigenvalue weighted by atomic mass is 10.1. The lowest BCUT2D eigenvalue weighted by Crippen LogP contribution is -2.23. The Morgan fingerprint density at radius 3 is 2.90 bits per heavy atom. The molecule has 1 amide bonds. The summed E-state index contributed by atoms with van der Waals surface area (Å²) in [5.74, 6) is -0.405. The number of carbonyl (C=O) groups excluding carboxylic acids is 1. The molecule has 3 heterocycles. The molecule has 0 bridgehead atoms. The number of amides is 1. The summed E-state index contributed by atoms with van der Waals surface area (Å²) in [5, 5.41) is 6.44. The van der Waals surface area contributed by atoms with E-state index in [0.29, 0.717) is 11.1 Å². The number of rotatable bonds is 3. The monoisotopic (exact) mass is 479 g/mol. The lowest BCUT2D eigenvalue weighted by molar-refractivity contribution is 0.102. The number of anilines is 1. The van der Waals surface area contributed by atoms with Crippen molar-refractivity contribution in [3.8, 4) is 11.3 Å². The van der Waals surface area contributed by atoms with Crippen LogP contribution in [-0.4, -0.2) is 15.5 Å². The molecule has 1 N–H and O–H groups in total. The van der Waals surface area contributed by atoms with E-state index in [1.807, 2.05) is 47.2 Å². The van der Waals surface area contributed by atoms with Crippen molar-refractivity contribution in [2.24, 2.45) is 0 Å². The molecule has 1 aliphatic rings. The molecule has 4 aromatic rings. The minimum atomic E-state index is -0.405. The first-order valence-corrected chi connectivity index (χ1v) is 11.3. The molecule has 2 aromatic carbocycles. The molecule has 2 aromatic heterocycles. The Morgan fingerprint density at radius 1 is 1.30 bits per heavy atom. The van der Waals surface area contributed by atoms with E-state index in [0.717, 1.165) is 38.2 Å². The van der Waals surface area contributed by atoms with Crippen LogP contribution < -0.4 is 10.7 Å². The van der Waals surface area contributed by atoms with Gasteiger partial charge in [-0.15, -0.1) is 11.3 Å². The van der Waals surface area contributed by atoms with Gasteiger partial charge < -0.3 is 9.88 Å². The van der Waals surface area contributed by atoms with Crippen molar-refractivity contribution < 1.29 is 4.79 Å². The van der Waals surface area contributed by atoms with E-state index in [2.05, 4.69) is 33.2 Å². The van der Waals surface area contributed by atoms with Crippen LogP contribution in [0.1, 0.15) is 33.9 Å². The molecular weight excluding hydrogens is 462 g/mol. The maximum atomic E-state index is 13.1. The Morgan fingerprint density at radius 2 is 2.13 bits per heavy atom. The van der Waals surface area contributed by atoms with E-state index in [-0.39, 0.29) is 17.0 Å². The maximum Gasteiger partial charge on any atom is 0.261 e. The van der Waals surface area contributed by atoms with Gasteiger partial charge in [0.15, 0.2) is 0 Å². The van der Waals surface area contributed by atoms with Crippen LogP contribution in [-0.2, 0) is 6.42 Å². The molecule has 7 heteroatoms. The standard InChI is InChI=1S/C23H18BrN3O2S/c1-12-6-15-7-16(24)9-18-21(15)27(12)10-19(22(18)28)23(29)26-17-5-3-4-14(8-17)20-11-30-13(2)25-20/h3-5,7-12H,6H2,1-2H3,(H,26,29)/t12-/m0/s1. The minimum absolute atomic E-state index is 0.148. The van der Waals surface area contributed by atoms with E-state index < -0.39 is 5.91 Å². The quantitative estimate of drug-likeness (QED) is 0.417. The van der Waals surface area contributed by atoms with Crippen molar-refractivity contribution in [3.63, 3.8) is 0 Å². The van der Waals surface area contributed by atoms with Crippen molar-refractivity contribution in [1.82, 2.24) is 9.55 Å². The summed E-state index contributed by atoms with van der Waals surface area (Å²) in [6.07, 6.45) is 2.54. The largest absolute Gasteiger partial charge is 0.343 e. The Kier molecular flexibility index (Phi) is 4.60. The van der Waals surface area contributed by atoms with Gasteiger partial charge in [-0.1, -0.05) is 28.1 Å². The number of hydrogen-bond donors (Lipinski definition) is 1. The molecule has 5 nitrogen and oxygen atoms in total. The third-order valence-electron chi connectivity index (χ3n) is 5.44. The molecule has 1 atom stereocenters. The van der Waals surface area contributed by atoms with Crippen LogP contribution in [0.25, 0.3) is 22.2 Å². The highest BCUT2D eigenvalue weighted by Gasteiger charge is 2.25. The third kappa shape index (κ3) is 3.18. The van der Waals surface area contributed by atoms with Crippen LogP contribution in [0.4, 0.5) is 5.69 Å². The number of nitrogens with one attached hydrogen (secondary N) is 1. The fourth-order valence-electron chi connectivity index (χ4n) is 4.07. The van der Waals surface area contributed by atoms with Gasteiger partial charge >= 0.3 is 0 Å². The van der Waals surface area contributed by atoms with Gasteiger partial charge in [0.2, 0.25) is 5.43 Å². The van der Waals surface area contributed by atoms with Crippen LogP contribution in [0.5, 0.6) is 0 Å². The van der Waals surface area contributed by atoms with E-state index in [9.17, 15) is 9.59 Å². The Labute approximate surface area is 185 Å². The number of halogens is 1. The second-order valence-corrected chi connectivity index (χ2v) is 9.56. The topological polar surface area (TPSA) is 64.0 Å². The fraction of sp³-hybridized carbons (Fsp3) is 0.174. The van der Waals surface area contributed by atoms with Crippen molar-refractivity contribution in [1.29, 1.82) is 0 Å². The first-order valence-electron chi connectivity index (χ1n) is 9.62. The van der Waals surface area contributed by atoms with Crippen LogP contribution in [0, 0.1) is 6.92 Å². The van der Waals surface area contributed by atoms with Gasteiger partial charge in [-0.2, -0.15) is 0 Å². The molecular formula is C23H18BrN3O2S. The van der Waals surface area contributed by atoms with Gasteiger partial charge in [0.25, 0.3) is 5.91 Å². The molecule has 0 unspecified atom stereocenters. The van der Waals surface area contributed by atoms with Crippen LogP contribution in [0.2, 0.25) is 0 Å². The summed E-state index contributed by atoms with van der Waals surface area (Å²) in [6.45, 7) is 4.06. The summed E-state index contributed by atoms with van der Waals surface area (Å²) >= 11 is 5.08. The number of benzene rings is 2. The molecule has 0 saturated carbocycles. The average molecular weight is 480 g/mol. The Bertz CT molecular complexity index is 1390. The molecule has 0 spiro atoms. The lowest BCUT2D eigenvalue weighted by Gasteiger charge is -2.13. The second-order valence-electron chi connectivity index (χ2n) is 7.58. The summed E-state index contributed by atoms with van der Waals surface area (Å²) in [4.78, 5) is 30.7. The van der Waals surface area contributed by atoms with Crippen molar-refractivity contribution in [3.05, 3.63) is 78.8 Å². The van der Waals surface area contributed by atoms with E-state index in [4.69, 9.17) is 0 Å². The number of aromatic nitrogens is 2. The van der Waals surface area contributed by atoms with Crippen LogP contribution in [0.3, 0.4) is 0 Å². The van der Waals surface area contributed by atoms with Gasteiger partial charge in [0.1, 0.15) is 5.56 Å². The highest BCUT2D eigenvalue weighted by atomic mass is 79.9. The molecule has 0 fully saturated rings. The smallest absolute Gasteiger partial charge is 0.261 e. The normalized spacial score (nSPS) is 15.0. The summed E-state index contributed by atoms with van der Waals surface area (Å²) in [5.41, 5.74) is 4.38. The summed E-state index contributed by atoms with van der Waals surface area (Å²) < 4.78 is 2.90. The molecule has 0 radical (unpaired) electrons. The highest BCUT2D eigenvalue weighted by Crippen LogP contribution is 2.33. The summed E-state index contributed by atoms with van der Waals surface area (Å²) in [7, 11) is 0. The molecule has 1 aliphatic heterocycles. The van der Waals surface area contributed by atoms with Crippen molar-refractivity contribution >= 4 is 49.8 Å². The number of nitrogens with zero attached hydrogens (tertiary/aromatic N) is 2. The number of carbonyl (C=O) groups is 1. The Hall–Kier alpha value is -2.77. The fourth-order valence-corrected chi connectivity index (χ4v) is 5.20. The number of thiazole rings is 1. The van der Waals surface area contributed by atoms with Crippen LogP contribution in [0.15, 0.2) is 57.2 Å². The zero-order valence-electron chi connectivity index (χ0n) is 16.4. The molecule has 150 valence electrons. The SMILES string of the molecule is Cc1nc(-c2cccc(NC(=O)c3cn4c5c(cc(Br)cc5c3=O)C[C@@H]4C)c2)cs1. The molecule has 5 rings (SSSR count). The van der Waals surface area contributed by atoms with Gasteiger partial charge in [0.05, 0.1) is 16.2 Å². The van der Waals surface area contributed by atoms with Crippen molar-refractivity contribution in [2.45, 2.75) is 26.3 Å². The van der Waals surface area contributed by atoms with Gasteiger partial charge in [-0.05, 0) is 50.1 Å². The zero-order valence-corrected chi connectivity index (χ0v) is 18.8. The molecule has 0 saturated heterocycles. The third-order valence-corrected chi connectivity index (χ3v) is 6.67. The van der Waals surface area contributed by atoms with E-state index >= 15 is 0 Å². The average Bonchev–Trinajstić information content (AvgIpc) is 3.27. The predicted octanol–water partition coefficient (Wildman–Crippen LogP) is 5.57. The first-order chi connectivity index (χ1) is 14.4. The number of hydrogen-bond acceptors (Lipinski definition) is 4. The Balaban J connectivity index is 1.54. The van der Waals surface area contributed by atoms with Crippen LogP contribution >= 0.6 is 27.3 Å². The molecule has 0 aliphatic carbocycles. The minimum Gasteiger partial charge on any atom is -0.343 e. The number of pyridine rings is 1. The second kappa shape index (κ2) is 7.18. The van der Waals surface area contributed by atoms with Gasteiger partial charge in [-0.25, -0.2) is 4.98 Å². The van der Waals surface area contributed by atoms with E-state index in [1.165, 1.54) is 0 Å². The maximum absolute atomic E-state index is 13.1. The number of aryl methyl sites for hydroxylation is 1. The van der Waals surface area contributed by atoms with Crippen molar-refractivity contribution in [2.75, 3.05) is 5.32 Å². The summed E-state index contributed by atoms with van der Waals surface area (Å²) in [6, 6.07) is 11.6. The van der Waals surface area contributed by atoms with E-state index in [1.54, 1.807) is 23.6 Å². The first kappa shape index (κ1) is 19.2. The van der Waals surface area contributed by atoms with Gasteiger partial charge in [0, 0.05) is 38.7 Å². The predicted molar refractivity (Wildman–Crippen MR) is 125 cm³/mol.